The normalized spacial score (nSPS) is 11.0. The van der Waals surface area contributed by atoms with E-state index in [4.69, 9.17) is 16.3 Å². The lowest BCUT2D eigenvalue weighted by molar-refractivity contribution is 0.189. The van der Waals surface area contributed by atoms with Crippen LogP contribution < -0.4 is 0 Å². The van der Waals surface area contributed by atoms with Crippen LogP contribution >= 0.6 is 34.9 Å². The van der Waals surface area contributed by atoms with Gasteiger partial charge in [-0.25, -0.2) is 0 Å². The number of ether oxygens (including phenoxy) is 1. The van der Waals surface area contributed by atoms with Gasteiger partial charge in [-0.1, -0.05) is 27.9 Å². The molecule has 9 heteroatoms. The Bertz CT molecular complexity index is 489. The minimum Gasteiger partial charge on any atom is -0.385 e. The van der Waals surface area contributed by atoms with Crippen molar-refractivity contribution in [2.45, 2.75) is 23.9 Å². The van der Waals surface area contributed by atoms with Crippen molar-refractivity contribution in [1.29, 1.82) is 0 Å². The SMILES string of the molecule is COCCCn1cnnc1SCc1nnsc1Cl. The molecule has 2 heterocycles. The third kappa shape index (κ3) is 3.64. The number of nitrogens with zero attached hydrogens (tertiary/aromatic N) is 5. The second kappa shape index (κ2) is 7.03. The molecule has 0 aliphatic carbocycles. The molecule has 0 aliphatic rings. The third-order valence-electron chi connectivity index (χ3n) is 2.17. The summed E-state index contributed by atoms with van der Waals surface area (Å²) in [5.41, 5.74) is 0.790. The largest absolute Gasteiger partial charge is 0.385 e. The molecule has 0 radical (unpaired) electrons. The summed E-state index contributed by atoms with van der Waals surface area (Å²) in [6, 6.07) is 0. The van der Waals surface area contributed by atoms with E-state index in [9.17, 15) is 0 Å². The molecule has 0 saturated carbocycles. The Morgan fingerprint density at radius 1 is 1.50 bits per heavy atom. The average molecular weight is 306 g/mol. The van der Waals surface area contributed by atoms with Gasteiger partial charge in [0.15, 0.2) is 5.16 Å². The van der Waals surface area contributed by atoms with E-state index < -0.39 is 0 Å². The third-order valence-corrected chi connectivity index (χ3v) is 4.15. The molecule has 0 atom stereocenters. The Hall–Kier alpha value is -0.700. The van der Waals surface area contributed by atoms with Gasteiger partial charge in [0.1, 0.15) is 16.4 Å². The lowest BCUT2D eigenvalue weighted by atomic mass is 10.4. The van der Waals surface area contributed by atoms with E-state index in [0.29, 0.717) is 10.1 Å². The zero-order valence-electron chi connectivity index (χ0n) is 9.74. The van der Waals surface area contributed by atoms with Crippen LogP contribution in [0.2, 0.25) is 4.34 Å². The second-order valence-corrected chi connectivity index (χ2v) is 5.73. The number of aryl methyl sites for hydroxylation is 1. The maximum absolute atomic E-state index is 5.94. The quantitative estimate of drug-likeness (QED) is 0.576. The van der Waals surface area contributed by atoms with Gasteiger partial charge < -0.3 is 9.30 Å². The molecule has 0 spiro atoms. The van der Waals surface area contributed by atoms with Gasteiger partial charge in [0.2, 0.25) is 0 Å². The molecule has 6 nitrogen and oxygen atoms in total. The van der Waals surface area contributed by atoms with Gasteiger partial charge in [0.05, 0.1) is 0 Å². The van der Waals surface area contributed by atoms with E-state index in [1.807, 2.05) is 4.57 Å². The number of halogens is 1. The van der Waals surface area contributed by atoms with Crippen LogP contribution in [0.15, 0.2) is 11.5 Å². The van der Waals surface area contributed by atoms with Crippen LogP contribution in [0.25, 0.3) is 0 Å². The van der Waals surface area contributed by atoms with Crippen molar-refractivity contribution in [2.24, 2.45) is 0 Å². The lowest BCUT2D eigenvalue weighted by Gasteiger charge is -2.04. The van der Waals surface area contributed by atoms with Crippen molar-refractivity contribution < 1.29 is 4.74 Å². The van der Waals surface area contributed by atoms with Crippen LogP contribution in [-0.4, -0.2) is 38.1 Å². The summed E-state index contributed by atoms with van der Waals surface area (Å²) in [6.45, 7) is 1.57. The molecular weight excluding hydrogens is 294 g/mol. The Kier molecular flexibility index (Phi) is 5.36. The van der Waals surface area contributed by atoms with E-state index in [1.54, 1.807) is 25.2 Å². The predicted octanol–water partition coefficient (Wildman–Crippen LogP) is 2.11. The summed E-state index contributed by atoms with van der Waals surface area (Å²) in [6.07, 6.45) is 2.65. The first kappa shape index (κ1) is 13.7. The van der Waals surface area contributed by atoms with E-state index >= 15 is 0 Å². The zero-order chi connectivity index (χ0) is 12.8. The molecule has 0 aliphatic heterocycles. The summed E-state index contributed by atoms with van der Waals surface area (Å²) in [4.78, 5) is 0. The summed E-state index contributed by atoms with van der Waals surface area (Å²) < 4.78 is 11.4. The second-order valence-electron chi connectivity index (χ2n) is 3.44. The first-order valence-electron chi connectivity index (χ1n) is 5.27. The van der Waals surface area contributed by atoms with E-state index in [0.717, 1.165) is 30.4 Å². The highest BCUT2D eigenvalue weighted by Gasteiger charge is 2.09. The fraction of sp³-hybridized carbons (Fsp3) is 0.556. The Morgan fingerprint density at radius 3 is 3.11 bits per heavy atom. The molecular formula is C9H12ClN5OS2. The van der Waals surface area contributed by atoms with Gasteiger partial charge in [-0.15, -0.1) is 15.3 Å². The summed E-state index contributed by atoms with van der Waals surface area (Å²) in [7, 11) is 1.69. The number of aromatic nitrogens is 5. The van der Waals surface area contributed by atoms with E-state index in [2.05, 4.69) is 19.8 Å². The van der Waals surface area contributed by atoms with E-state index in [-0.39, 0.29) is 0 Å². The monoisotopic (exact) mass is 305 g/mol. The van der Waals surface area contributed by atoms with Crippen LogP contribution in [-0.2, 0) is 17.0 Å². The maximum Gasteiger partial charge on any atom is 0.191 e. The fourth-order valence-electron chi connectivity index (χ4n) is 1.30. The first-order chi connectivity index (χ1) is 8.81. The fourth-order valence-corrected chi connectivity index (χ4v) is 2.98. The minimum atomic E-state index is 0.632. The van der Waals surface area contributed by atoms with Crippen molar-refractivity contribution in [3.05, 3.63) is 16.4 Å². The van der Waals surface area contributed by atoms with Crippen molar-refractivity contribution >= 4 is 34.9 Å². The van der Waals surface area contributed by atoms with Crippen LogP contribution in [0.4, 0.5) is 0 Å². The van der Waals surface area contributed by atoms with Crippen molar-refractivity contribution in [3.63, 3.8) is 0 Å². The summed E-state index contributed by atoms with van der Waals surface area (Å²) in [5.74, 6) is 0.651. The van der Waals surface area contributed by atoms with Crippen LogP contribution in [0.5, 0.6) is 0 Å². The molecule has 18 heavy (non-hydrogen) atoms. The van der Waals surface area contributed by atoms with Gasteiger partial charge >= 0.3 is 0 Å². The van der Waals surface area contributed by atoms with Crippen molar-refractivity contribution in [3.8, 4) is 0 Å². The Labute approximate surface area is 118 Å². The molecule has 0 amide bonds. The van der Waals surface area contributed by atoms with Gasteiger partial charge in [-0.2, -0.15) is 0 Å². The number of hydrogen-bond acceptors (Lipinski definition) is 7. The molecule has 98 valence electrons. The van der Waals surface area contributed by atoms with Crippen molar-refractivity contribution in [1.82, 2.24) is 24.4 Å². The van der Waals surface area contributed by atoms with E-state index in [1.165, 1.54) is 11.5 Å². The van der Waals surface area contributed by atoms with Gasteiger partial charge in [-0.3, -0.25) is 0 Å². The first-order valence-corrected chi connectivity index (χ1v) is 7.41. The highest BCUT2D eigenvalue weighted by molar-refractivity contribution is 7.98. The van der Waals surface area contributed by atoms with Crippen molar-refractivity contribution in [2.75, 3.05) is 13.7 Å². The number of thioether (sulfide) groups is 1. The number of hydrogen-bond donors (Lipinski definition) is 0. The number of rotatable bonds is 7. The smallest absolute Gasteiger partial charge is 0.191 e. The maximum atomic E-state index is 5.94. The van der Waals surface area contributed by atoms with Gasteiger partial charge in [0.25, 0.3) is 0 Å². The molecule has 0 saturated heterocycles. The zero-order valence-corrected chi connectivity index (χ0v) is 12.1. The molecule has 0 fully saturated rings. The van der Waals surface area contributed by atoms with Crippen LogP contribution in [0.1, 0.15) is 12.1 Å². The molecule has 0 N–H and O–H groups in total. The van der Waals surface area contributed by atoms with Crippen LogP contribution in [0.3, 0.4) is 0 Å². The predicted molar refractivity (Wildman–Crippen MR) is 71.0 cm³/mol. The summed E-state index contributed by atoms with van der Waals surface area (Å²) in [5, 5.41) is 12.8. The minimum absolute atomic E-state index is 0.632. The Morgan fingerprint density at radius 2 is 2.39 bits per heavy atom. The molecule has 0 aromatic carbocycles. The molecule has 0 bridgehead atoms. The molecule has 2 aromatic rings. The van der Waals surface area contributed by atoms with Gasteiger partial charge in [-0.05, 0) is 6.42 Å². The highest BCUT2D eigenvalue weighted by atomic mass is 35.5. The van der Waals surface area contributed by atoms with Crippen LogP contribution in [0, 0.1) is 0 Å². The Balaban J connectivity index is 1.89. The molecule has 0 unspecified atom stereocenters. The standard InChI is InChI=1S/C9H12ClN5OS2/c1-16-4-2-3-15-6-11-13-9(15)17-5-7-8(10)18-14-12-7/h6H,2-5H2,1H3. The topological polar surface area (TPSA) is 65.7 Å². The molecule has 2 rings (SSSR count). The summed E-state index contributed by atoms with van der Waals surface area (Å²) >= 11 is 8.69. The number of methoxy groups -OCH3 is 1. The van der Waals surface area contributed by atoms with Gasteiger partial charge in [0, 0.05) is 37.5 Å². The lowest BCUT2D eigenvalue weighted by Crippen LogP contribution is -2.02. The average Bonchev–Trinajstić information content (AvgIpc) is 2.96. The highest BCUT2D eigenvalue weighted by Crippen LogP contribution is 2.25. The molecule has 2 aromatic heterocycles.